The van der Waals surface area contributed by atoms with Crippen molar-refractivity contribution < 1.29 is 14.3 Å². The molecule has 0 saturated heterocycles. The molecule has 1 aromatic heterocycles. The minimum absolute atomic E-state index is 0.164. The highest BCUT2D eigenvalue weighted by atomic mass is 16.5. The number of hydrogen-bond donors (Lipinski definition) is 1. The van der Waals surface area contributed by atoms with E-state index in [-0.39, 0.29) is 5.75 Å². The highest BCUT2D eigenvalue weighted by Crippen LogP contribution is 2.27. The largest absolute Gasteiger partial charge is 0.508 e. The van der Waals surface area contributed by atoms with E-state index in [0.717, 1.165) is 35.2 Å². The molecule has 0 saturated carbocycles. The molecule has 5 nitrogen and oxygen atoms in total. The Morgan fingerprint density at radius 2 is 1.89 bits per heavy atom. The lowest BCUT2D eigenvalue weighted by Crippen LogP contribution is -2.21. The molecule has 0 atom stereocenters. The van der Waals surface area contributed by atoms with E-state index in [0.29, 0.717) is 25.2 Å². The van der Waals surface area contributed by atoms with Crippen LogP contribution in [0.4, 0.5) is 0 Å². The molecule has 0 aliphatic carbocycles. The molecule has 0 amide bonds. The summed E-state index contributed by atoms with van der Waals surface area (Å²) < 4.78 is 11.0. The van der Waals surface area contributed by atoms with Gasteiger partial charge in [-0.25, -0.2) is 4.79 Å². The van der Waals surface area contributed by atoms with Crippen molar-refractivity contribution in [2.75, 3.05) is 20.2 Å². The van der Waals surface area contributed by atoms with Crippen LogP contribution in [0.2, 0.25) is 0 Å². The van der Waals surface area contributed by atoms with Crippen molar-refractivity contribution in [2.45, 2.75) is 26.3 Å². The number of hydrogen-bond acceptors (Lipinski definition) is 5. The van der Waals surface area contributed by atoms with E-state index < -0.39 is 5.63 Å². The average Bonchev–Trinajstić information content (AvgIpc) is 2.65. The second-order valence-electron chi connectivity index (χ2n) is 6.67. The Morgan fingerprint density at radius 3 is 2.63 bits per heavy atom. The van der Waals surface area contributed by atoms with Gasteiger partial charge in [-0.2, -0.15) is 0 Å². The molecule has 1 N–H and O–H groups in total. The smallest absolute Gasteiger partial charge is 0.336 e. The molecule has 0 bridgehead atoms. The summed E-state index contributed by atoms with van der Waals surface area (Å²) in [5, 5.41) is 10.9. The topological polar surface area (TPSA) is 62.9 Å². The Labute approximate surface area is 158 Å². The summed E-state index contributed by atoms with van der Waals surface area (Å²) in [5.74, 6) is 1.04. The first-order valence-electron chi connectivity index (χ1n) is 9.22. The van der Waals surface area contributed by atoms with E-state index >= 15 is 0 Å². The first-order valence-corrected chi connectivity index (χ1v) is 9.22. The molecule has 0 spiro atoms. The van der Waals surface area contributed by atoms with Gasteiger partial charge in [-0.15, -0.1) is 0 Å². The molecule has 27 heavy (non-hydrogen) atoms. The van der Waals surface area contributed by atoms with Crippen LogP contribution < -0.4 is 10.4 Å². The average molecular weight is 367 g/mol. The lowest BCUT2D eigenvalue weighted by molar-refractivity contribution is 0.259. The minimum atomic E-state index is -0.401. The maximum Gasteiger partial charge on any atom is 0.336 e. The van der Waals surface area contributed by atoms with Gasteiger partial charge in [0, 0.05) is 30.6 Å². The third-order valence-electron chi connectivity index (χ3n) is 4.55. The maximum atomic E-state index is 11.9. The van der Waals surface area contributed by atoms with Gasteiger partial charge in [0.25, 0.3) is 0 Å². The normalized spacial score (nSPS) is 11.2. The van der Waals surface area contributed by atoms with Crippen LogP contribution in [0.3, 0.4) is 0 Å². The Balaban J connectivity index is 1.65. The van der Waals surface area contributed by atoms with Crippen LogP contribution >= 0.6 is 0 Å². The summed E-state index contributed by atoms with van der Waals surface area (Å²) in [5.41, 5.74) is 1.77. The second kappa shape index (κ2) is 8.73. The van der Waals surface area contributed by atoms with Crippen LogP contribution in [0.1, 0.15) is 24.5 Å². The van der Waals surface area contributed by atoms with Crippen molar-refractivity contribution in [1.29, 1.82) is 0 Å². The standard InChI is InChI=1S/C22H25NO4/c1-3-16-12-19-17(13-22(25)27-21(19)14-20(16)24)15-23(2)10-7-11-26-18-8-5-4-6-9-18/h4-6,8-9,12-14,24H,3,7,10-11,15H2,1-2H3. The van der Waals surface area contributed by atoms with E-state index in [1.54, 1.807) is 0 Å². The molecule has 0 aliphatic heterocycles. The van der Waals surface area contributed by atoms with Gasteiger partial charge < -0.3 is 19.2 Å². The molecule has 3 rings (SSSR count). The van der Waals surface area contributed by atoms with Gasteiger partial charge in [0.2, 0.25) is 0 Å². The summed E-state index contributed by atoms with van der Waals surface area (Å²) in [6, 6.07) is 14.7. The zero-order chi connectivity index (χ0) is 19.2. The molecule has 1 heterocycles. The Morgan fingerprint density at radius 1 is 1.11 bits per heavy atom. The van der Waals surface area contributed by atoms with Crippen LogP contribution in [0.25, 0.3) is 11.0 Å². The van der Waals surface area contributed by atoms with E-state index in [1.165, 1.54) is 12.1 Å². The molecule has 2 aromatic carbocycles. The third-order valence-corrected chi connectivity index (χ3v) is 4.55. The van der Waals surface area contributed by atoms with Crippen molar-refractivity contribution >= 4 is 11.0 Å². The van der Waals surface area contributed by atoms with E-state index in [1.807, 2.05) is 50.4 Å². The van der Waals surface area contributed by atoms with Crippen molar-refractivity contribution in [2.24, 2.45) is 0 Å². The van der Waals surface area contributed by atoms with Gasteiger partial charge in [-0.3, -0.25) is 0 Å². The SMILES string of the molecule is CCc1cc2c(CN(C)CCCOc3ccccc3)cc(=O)oc2cc1O. The van der Waals surface area contributed by atoms with E-state index in [4.69, 9.17) is 9.15 Å². The van der Waals surface area contributed by atoms with E-state index in [9.17, 15) is 9.90 Å². The molecule has 0 fully saturated rings. The predicted octanol–water partition coefficient (Wildman–Crippen LogP) is 3.96. The quantitative estimate of drug-likeness (QED) is 0.482. The Bertz CT molecular complexity index is 950. The molecular formula is C22H25NO4. The van der Waals surface area contributed by atoms with E-state index in [2.05, 4.69) is 4.90 Å². The summed E-state index contributed by atoms with van der Waals surface area (Å²) in [7, 11) is 2.02. The number of aromatic hydroxyl groups is 1. The number of benzene rings is 2. The minimum Gasteiger partial charge on any atom is -0.508 e. The number of rotatable bonds is 8. The first kappa shape index (κ1) is 19.0. The van der Waals surface area contributed by atoms with Crippen LogP contribution in [0, 0.1) is 0 Å². The zero-order valence-corrected chi connectivity index (χ0v) is 15.8. The number of para-hydroxylation sites is 1. The molecule has 142 valence electrons. The molecule has 0 radical (unpaired) electrons. The fourth-order valence-corrected chi connectivity index (χ4v) is 3.13. The van der Waals surface area contributed by atoms with Crippen molar-refractivity contribution in [3.63, 3.8) is 0 Å². The summed E-state index contributed by atoms with van der Waals surface area (Å²) in [6.45, 7) is 4.09. The Hall–Kier alpha value is -2.79. The van der Waals surface area contributed by atoms with Crippen LogP contribution in [-0.4, -0.2) is 30.2 Å². The van der Waals surface area contributed by atoms with Gasteiger partial charge in [-0.1, -0.05) is 25.1 Å². The second-order valence-corrected chi connectivity index (χ2v) is 6.67. The number of aryl methyl sites for hydroxylation is 1. The zero-order valence-electron chi connectivity index (χ0n) is 15.8. The number of phenols is 1. The number of fused-ring (bicyclic) bond motifs is 1. The lowest BCUT2D eigenvalue weighted by Gasteiger charge is -2.18. The highest BCUT2D eigenvalue weighted by Gasteiger charge is 2.11. The van der Waals surface area contributed by atoms with Gasteiger partial charge in [0.1, 0.15) is 17.1 Å². The third kappa shape index (κ3) is 4.89. The van der Waals surface area contributed by atoms with Gasteiger partial charge in [0.15, 0.2) is 0 Å². The molecular weight excluding hydrogens is 342 g/mol. The van der Waals surface area contributed by atoms with Crippen molar-refractivity contribution in [3.05, 3.63) is 70.1 Å². The molecule has 5 heteroatoms. The summed E-state index contributed by atoms with van der Waals surface area (Å²) >= 11 is 0. The molecule has 0 aliphatic rings. The Kier molecular flexibility index (Phi) is 6.14. The molecule has 0 unspecified atom stereocenters. The van der Waals surface area contributed by atoms with Crippen LogP contribution in [0.5, 0.6) is 11.5 Å². The van der Waals surface area contributed by atoms with Crippen molar-refractivity contribution in [1.82, 2.24) is 4.90 Å². The predicted molar refractivity (Wildman–Crippen MR) is 106 cm³/mol. The first-order chi connectivity index (χ1) is 13.1. The summed E-state index contributed by atoms with van der Waals surface area (Å²) in [4.78, 5) is 14.0. The van der Waals surface area contributed by atoms with Gasteiger partial charge in [-0.05, 0) is 49.2 Å². The maximum absolute atomic E-state index is 11.9. The number of phenolic OH excluding ortho intramolecular Hbond substituents is 1. The monoisotopic (exact) mass is 367 g/mol. The lowest BCUT2D eigenvalue weighted by atomic mass is 10.0. The fourth-order valence-electron chi connectivity index (χ4n) is 3.13. The van der Waals surface area contributed by atoms with Gasteiger partial charge in [0.05, 0.1) is 6.61 Å². The summed E-state index contributed by atoms with van der Waals surface area (Å²) in [6.07, 6.45) is 1.60. The highest BCUT2D eigenvalue weighted by molar-refractivity contribution is 5.82. The van der Waals surface area contributed by atoms with Gasteiger partial charge >= 0.3 is 5.63 Å². The number of nitrogens with zero attached hydrogens (tertiary/aromatic N) is 1. The van der Waals surface area contributed by atoms with Crippen LogP contribution in [0.15, 0.2) is 57.7 Å². The fraction of sp³-hybridized carbons (Fsp3) is 0.318. The van der Waals surface area contributed by atoms with Crippen molar-refractivity contribution in [3.8, 4) is 11.5 Å². The number of ether oxygens (including phenoxy) is 1. The molecule has 3 aromatic rings. The van der Waals surface area contributed by atoms with Crippen LogP contribution in [-0.2, 0) is 13.0 Å².